The molecule has 5 nitrogen and oxygen atoms in total. The average Bonchev–Trinajstić information content (AvgIpc) is 2.69. The Labute approximate surface area is 169 Å². The quantitative estimate of drug-likeness (QED) is 0.625. The zero-order valence-corrected chi connectivity index (χ0v) is 16.8. The van der Waals surface area contributed by atoms with Gasteiger partial charge in [0.15, 0.2) is 0 Å². The fourth-order valence-electron chi connectivity index (χ4n) is 3.36. The van der Waals surface area contributed by atoms with Crippen LogP contribution in [0.3, 0.4) is 0 Å². The van der Waals surface area contributed by atoms with E-state index in [0.717, 1.165) is 15.4 Å². The lowest BCUT2D eigenvalue weighted by molar-refractivity contribution is 0.253. The largest absolute Gasteiger partial charge is 0.343 e. The molecule has 3 aromatic rings. The zero-order valence-electron chi connectivity index (χ0n) is 16.0. The first-order valence-electron chi connectivity index (χ1n) is 9.07. The first-order valence-corrected chi connectivity index (χ1v) is 10.5. The molecule has 0 radical (unpaired) electrons. The summed E-state index contributed by atoms with van der Waals surface area (Å²) in [5.74, 6) is -0.455. The lowest BCUT2D eigenvalue weighted by atomic mass is 10.1. The lowest BCUT2D eigenvalue weighted by Gasteiger charge is -2.36. The van der Waals surface area contributed by atoms with Gasteiger partial charge in [-0.1, -0.05) is 36.4 Å². The van der Waals surface area contributed by atoms with Crippen LogP contribution >= 0.6 is 0 Å². The van der Waals surface area contributed by atoms with Gasteiger partial charge in [-0.05, 0) is 55.3 Å². The number of carbonyl (C=O) groups excluding carboxylic acids is 1. The first-order chi connectivity index (χ1) is 13.8. The van der Waals surface area contributed by atoms with Crippen molar-refractivity contribution in [1.29, 1.82) is 0 Å². The number of urea groups is 1. The van der Waals surface area contributed by atoms with Crippen molar-refractivity contribution in [2.75, 3.05) is 9.21 Å². The fraction of sp³-hybridized carbons (Fsp3) is 0.136. The summed E-state index contributed by atoms with van der Waals surface area (Å²) in [5, 5.41) is 0. The van der Waals surface area contributed by atoms with Crippen LogP contribution in [0.1, 0.15) is 16.7 Å². The van der Waals surface area contributed by atoms with Crippen molar-refractivity contribution in [2.45, 2.75) is 25.3 Å². The summed E-state index contributed by atoms with van der Waals surface area (Å²) in [4.78, 5) is 14.7. The second-order valence-corrected chi connectivity index (χ2v) is 8.72. The number of amides is 2. The molecule has 0 saturated carbocycles. The normalized spacial score (nSPS) is 15.3. The van der Waals surface area contributed by atoms with Gasteiger partial charge in [0.25, 0.3) is 10.0 Å². The molecule has 4 rings (SSSR count). The summed E-state index contributed by atoms with van der Waals surface area (Å²) in [6.45, 7) is 3.68. The highest BCUT2D eigenvalue weighted by atomic mass is 32.2. The van der Waals surface area contributed by atoms with Gasteiger partial charge in [0.2, 0.25) is 0 Å². The molecule has 0 saturated heterocycles. The number of benzene rings is 3. The molecule has 0 N–H and O–H groups in total. The highest BCUT2D eigenvalue weighted by Gasteiger charge is 2.42. The molecule has 2 amide bonds. The summed E-state index contributed by atoms with van der Waals surface area (Å²) in [6.07, 6.45) is 0. The third-order valence-corrected chi connectivity index (χ3v) is 6.84. The number of fused-ring (bicyclic) bond motifs is 1. The number of nitrogens with zero attached hydrogens (tertiary/aromatic N) is 2. The Morgan fingerprint density at radius 1 is 0.897 bits per heavy atom. The summed E-state index contributed by atoms with van der Waals surface area (Å²) >= 11 is 0. The van der Waals surface area contributed by atoms with Crippen molar-refractivity contribution in [3.8, 4) is 0 Å². The van der Waals surface area contributed by atoms with E-state index in [-0.39, 0.29) is 22.8 Å². The van der Waals surface area contributed by atoms with Gasteiger partial charge in [-0.2, -0.15) is 4.31 Å². The number of hydrogen-bond donors (Lipinski definition) is 0. The standard InChI is InChI=1S/C22H19FN2O3S/c1-15-11-12-18(13-16(15)2)25-22(26)24(14-17-7-3-4-8-19(17)23)20-9-5-6-10-21(20)29(25,27)28/h3-13H,14H2,1-2H3. The molecular formula is C22H19FN2O3S. The fourth-order valence-corrected chi connectivity index (χ4v) is 4.95. The van der Waals surface area contributed by atoms with Gasteiger partial charge in [-0.25, -0.2) is 17.6 Å². The Balaban J connectivity index is 1.89. The average molecular weight is 410 g/mol. The molecule has 0 aliphatic carbocycles. The minimum Gasteiger partial charge on any atom is -0.287 e. The predicted octanol–water partition coefficient (Wildman–Crippen LogP) is 4.78. The molecule has 148 valence electrons. The molecule has 0 aromatic heterocycles. The van der Waals surface area contributed by atoms with Crippen molar-refractivity contribution >= 4 is 27.4 Å². The number of carbonyl (C=O) groups is 1. The smallest absolute Gasteiger partial charge is 0.287 e. The molecule has 1 aliphatic heterocycles. The minimum atomic E-state index is -4.10. The van der Waals surface area contributed by atoms with Gasteiger partial charge >= 0.3 is 6.03 Å². The second kappa shape index (κ2) is 7.00. The van der Waals surface area contributed by atoms with Crippen LogP contribution in [0.4, 0.5) is 20.6 Å². The third kappa shape index (κ3) is 3.17. The van der Waals surface area contributed by atoms with Crippen LogP contribution in [0.15, 0.2) is 71.6 Å². The second-order valence-electron chi connectivity index (χ2n) is 6.97. The Morgan fingerprint density at radius 3 is 2.31 bits per heavy atom. The van der Waals surface area contributed by atoms with Crippen LogP contribution in [-0.4, -0.2) is 14.4 Å². The van der Waals surface area contributed by atoms with E-state index in [1.54, 1.807) is 54.6 Å². The van der Waals surface area contributed by atoms with Gasteiger partial charge < -0.3 is 0 Å². The first kappa shape index (κ1) is 19.1. The topological polar surface area (TPSA) is 57.7 Å². The van der Waals surface area contributed by atoms with Crippen molar-refractivity contribution in [2.24, 2.45) is 0 Å². The number of sulfonamides is 1. The van der Waals surface area contributed by atoms with Gasteiger partial charge in [0.05, 0.1) is 17.9 Å². The molecule has 29 heavy (non-hydrogen) atoms. The summed E-state index contributed by atoms with van der Waals surface area (Å²) < 4.78 is 41.6. The Kier molecular flexibility index (Phi) is 4.62. The van der Waals surface area contributed by atoms with Crippen molar-refractivity contribution in [3.63, 3.8) is 0 Å². The molecule has 1 aliphatic rings. The highest BCUT2D eigenvalue weighted by molar-refractivity contribution is 7.94. The summed E-state index contributed by atoms with van der Waals surface area (Å²) in [7, 11) is -4.10. The number of para-hydroxylation sites is 1. The minimum absolute atomic E-state index is 0.00849. The zero-order chi connectivity index (χ0) is 20.8. The predicted molar refractivity (Wildman–Crippen MR) is 110 cm³/mol. The molecule has 0 bridgehead atoms. The Hall–Kier alpha value is -3.19. The van der Waals surface area contributed by atoms with Gasteiger partial charge in [-0.3, -0.25) is 4.90 Å². The van der Waals surface area contributed by atoms with E-state index < -0.39 is 21.9 Å². The maximum Gasteiger partial charge on any atom is 0.343 e. The highest BCUT2D eigenvalue weighted by Crippen LogP contribution is 2.38. The van der Waals surface area contributed by atoms with Crippen LogP contribution in [0.2, 0.25) is 0 Å². The molecular weight excluding hydrogens is 391 g/mol. The number of aryl methyl sites for hydroxylation is 2. The molecule has 0 spiro atoms. The van der Waals surface area contributed by atoms with Gasteiger partial charge in [-0.15, -0.1) is 0 Å². The number of anilines is 2. The number of hydrogen-bond acceptors (Lipinski definition) is 3. The summed E-state index contributed by atoms with van der Waals surface area (Å²) in [5.41, 5.74) is 2.64. The van der Waals surface area contributed by atoms with E-state index in [9.17, 15) is 17.6 Å². The monoisotopic (exact) mass is 410 g/mol. The number of halogens is 1. The van der Waals surface area contributed by atoms with E-state index in [0.29, 0.717) is 5.56 Å². The van der Waals surface area contributed by atoms with Crippen molar-refractivity contribution in [1.82, 2.24) is 0 Å². The van der Waals surface area contributed by atoms with Crippen LogP contribution in [0.25, 0.3) is 0 Å². The lowest BCUT2D eigenvalue weighted by Crippen LogP contribution is -2.50. The molecule has 3 aromatic carbocycles. The Bertz CT molecular complexity index is 1220. The van der Waals surface area contributed by atoms with Crippen LogP contribution in [0, 0.1) is 19.7 Å². The number of rotatable bonds is 3. The van der Waals surface area contributed by atoms with Crippen LogP contribution in [-0.2, 0) is 16.6 Å². The van der Waals surface area contributed by atoms with E-state index in [4.69, 9.17) is 0 Å². The van der Waals surface area contributed by atoms with E-state index >= 15 is 0 Å². The molecule has 0 atom stereocenters. The third-order valence-electron chi connectivity index (χ3n) is 5.09. The molecule has 0 fully saturated rings. The molecule has 0 unspecified atom stereocenters. The SMILES string of the molecule is Cc1ccc(N2C(=O)N(Cc3ccccc3F)c3ccccc3S2(=O)=O)cc1C. The van der Waals surface area contributed by atoms with Crippen LogP contribution < -0.4 is 9.21 Å². The van der Waals surface area contributed by atoms with Crippen LogP contribution in [0.5, 0.6) is 0 Å². The molecule has 1 heterocycles. The maximum atomic E-state index is 14.2. The van der Waals surface area contributed by atoms with E-state index in [2.05, 4.69) is 0 Å². The summed E-state index contributed by atoms with van der Waals surface area (Å²) in [6, 6.07) is 16.7. The van der Waals surface area contributed by atoms with E-state index in [1.165, 1.54) is 17.0 Å². The Morgan fingerprint density at radius 2 is 1.59 bits per heavy atom. The molecule has 7 heteroatoms. The van der Waals surface area contributed by atoms with E-state index in [1.807, 2.05) is 13.8 Å². The van der Waals surface area contributed by atoms with Crippen molar-refractivity contribution < 1.29 is 17.6 Å². The maximum absolute atomic E-state index is 14.2. The van der Waals surface area contributed by atoms with Gasteiger partial charge in [0, 0.05) is 5.56 Å². The van der Waals surface area contributed by atoms with Crippen molar-refractivity contribution in [3.05, 3.63) is 89.2 Å². The van der Waals surface area contributed by atoms with Gasteiger partial charge in [0.1, 0.15) is 10.7 Å².